The number of aryl methyl sites for hydroxylation is 3. The molecule has 0 fully saturated rings. The molecular weight excluding hydrogens is 322 g/mol. The van der Waals surface area contributed by atoms with Crippen molar-refractivity contribution in [1.82, 2.24) is 3.97 Å². The molecule has 2 aromatic carbocycles. The first-order valence-electron chi connectivity index (χ1n) is 7.68. The van der Waals surface area contributed by atoms with Gasteiger partial charge in [0.1, 0.15) is 0 Å². The van der Waals surface area contributed by atoms with E-state index in [1.165, 1.54) is 17.1 Å². The van der Waals surface area contributed by atoms with E-state index in [1.54, 1.807) is 38.1 Å². The predicted octanol–water partition coefficient (Wildman–Crippen LogP) is 4.01. The molecule has 24 heavy (non-hydrogen) atoms. The van der Waals surface area contributed by atoms with Gasteiger partial charge in [-0.05, 0) is 44.9 Å². The number of aromatic nitrogens is 1. The zero-order valence-electron chi connectivity index (χ0n) is 14.1. The lowest BCUT2D eigenvalue weighted by molar-refractivity contribution is 0.101. The molecule has 0 aliphatic heterocycles. The Morgan fingerprint density at radius 2 is 1.58 bits per heavy atom. The second kappa shape index (κ2) is 5.60. The minimum Gasteiger partial charge on any atom is -0.294 e. The van der Waals surface area contributed by atoms with Crippen LogP contribution in [0.4, 0.5) is 0 Å². The summed E-state index contributed by atoms with van der Waals surface area (Å²) in [5, 5.41) is 0.649. The molecule has 0 spiro atoms. The van der Waals surface area contributed by atoms with Crippen LogP contribution in [0.15, 0.2) is 47.5 Å². The van der Waals surface area contributed by atoms with E-state index >= 15 is 0 Å². The van der Waals surface area contributed by atoms with Crippen molar-refractivity contribution in [3.05, 3.63) is 64.8 Å². The van der Waals surface area contributed by atoms with Crippen LogP contribution in [0.3, 0.4) is 0 Å². The topological polar surface area (TPSA) is 56.1 Å². The van der Waals surface area contributed by atoms with Gasteiger partial charge in [-0.2, -0.15) is 0 Å². The summed E-state index contributed by atoms with van der Waals surface area (Å²) in [4.78, 5) is 12.2. The zero-order chi connectivity index (χ0) is 17.6. The first-order valence-corrected chi connectivity index (χ1v) is 9.12. The number of carbonyl (C=O) groups excluding carboxylic acids is 1. The number of rotatable bonds is 3. The van der Waals surface area contributed by atoms with Crippen molar-refractivity contribution in [3.8, 4) is 0 Å². The summed E-state index contributed by atoms with van der Waals surface area (Å²) in [7, 11) is -3.79. The molecule has 0 aliphatic rings. The SMILES string of the molecule is CC(=O)c1cn(S(=O)(=O)c2c(C)cc(C)cc2C)c2ccccc12. The van der Waals surface area contributed by atoms with Crippen LogP contribution in [-0.2, 0) is 10.0 Å². The van der Waals surface area contributed by atoms with E-state index in [-0.39, 0.29) is 5.78 Å². The number of carbonyl (C=O) groups is 1. The minimum atomic E-state index is -3.79. The molecule has 3 aromatic rings. The van der Waals surface area contributed by atoms with E-state index in [2.05, 4.69) is 0 Å². The number of hydrogen-bond acceptors (Lipinski definition) is 3. The average Bonchev–Trinajstić information content (AvgIpc) is 2.86. The highest BCUT2D eigenvalue weighted by molar-refractivity contribution is 7.90. The van der Waals surface area contributed by atoms with Gasteiger partial charge in [0, 0.05) is 17.1 Å². The Kier molecular flexibility index (Phi) is 3.84. The quantitative estimate of drug-likeness (QED) is 0.677. The summed E-state index contributed by atoms with van der Waals surface area (Å²) in [6, 6.07) is 10.8. The van der Waals surface area contributed by atoms with Crippen molar-refractivity contribution in [2.75, 3.05) is 0 Å². The summed E-state index contributed by atoms with van der Waals surface area (Å²) in [5.74, 6) is -0.155. The molecule has 0 saturated carbocycles. The molecule has 0 N–H and O–H groups in total. The monoisotopic (exact) mass is 341 g/mol. The Labute approximate surface area is 141 Å². The van der Waals surface area contributed by atoms with Crippen molar-refractivity contribution in [2.45, 2.75) is 32.6 Å². The number of nitrogens with zero attached hydrogens (tertiary/aromatic N) is 1. The summed E-state index contributed by atoms with van der Waals surface area (Å²) in [6.07, 6.45) is 1.43. The van der Waals surface area contributed by atoms with Crippen LogP contribution >= 0.6 is 0 Å². The lowest BCUT2D eigenvalue weighted by Gasteiger charge is -2.14. The summed E-state index contributed by atoms with van der Waals surface area (Å²) < 4.78 is 27.8. The first kappa shape index (κ1) is 16.5. The molecule has 5 heteroatoms. The number of hydrogen-bond donors (Lipinski definition) is 0. The van der Waals surface area contributed by atoms with E-state index in [0.717, 1.165) is 5.56 Å². The van der Waals surface area contributed by atoms with Gasteiger partial charge in [0.05, 0.1) is 10.4 Å². The summed E-state index contributed by atoms with van der Waals surface area (Å²) in [5.41, 5.74) is 3.36. The van der Waals surface area contributed by atoms with Crippen LogP contribution in [0.5, 0.6) is 0 Å². The van der Waals surface area contributed by atoms with Crippen molar-refractivity contribution in [3.63, 3.8) is 0 Å². The predicted molar refractivity (Wildman–Crippen MR) is 95.2 cm³/mol. The maximum absolute atomic E-state index is 13.3. The third-order valence-electron chi connectivity index (χ3n) is 4.18. The molecule has 0 unspecified atom stereocenters. The molecule has 0 saturated heterocycles. The molecule has 0 amide bonds. The third-order valence-corrected chi connectivity index (χ3v) is 6.16. The molecule has 4 nitrogen and oxygen atoms in total. The standard InChI is InChI=1S/C19H19NO3S/c1-12-9-13(2)19(14(3)10-12)24(22,23)20-11-17(15(4)21)16-7-5-6-8-18(16)20/h5-11H,1-4H3. The smallest absolute Gasteiger partial charge is 0.268 e. The fourth-order valence-electron chi connectivity index (χ4n) is 3.30. The van der Waals surface area contributed by atoms with Gasteiger partial charge < -0.3 is 0 Å². The fraction of sp³-hybridized carbons (Fsp3) is 0.211. The molecule has 1 aromatic heterocycles. The second-order valence-corrected chi connectivity index (χ2v) is 7.90. The van der Waals surface area contributed by atoms with Crippen LogP contribution in [0.1, 0.15) is 34.0 Å². The largest absolute Gasteiger partial charge is 0.294 e. The molecule has 0 bridgehead atoms. The van der Waals surface area contributed by atoms with Crippen molar-refractivity contribution in [2.24, 2.45) is 0 Å². The number of benzene rings is 2. The van der Waals surface area contributed by atoms with Gasteiger partial charge in [0.15, 0.2) is 5.78 Å². The number of Topliss-reactive ketones (excluding diaryl/α,β-unsaturated/α-hetero) is 1. The Morgan fingerprint density at radius 1 is 1.00 bits per heavy atom. The number of ketones is 1. The molecule has 0 aliphatic carbocycles. The third kappa shape index (κ3) is 2.45. The maximum Gasteiger partial charge on any atom is 0.268 e. The van der Waals surface area contributed by atoms with Crippen LogP contribution < -0.4 is 0 Å². The van der Waals surface area contributed by atoms with Crippen LogP contribution in [0.25, 0.3) is 10.9 Å². The highest BCUT2D eigenvalue weighted by Gasteiger charge is 2.25. The minimum absolute atomic E-state index is 0.155. The van der Waals surface area contributed by atoms with E-state index in [9.17, 15) is 13.2 Å². The normalized spacial score (nSPS) is 11.8. The van der Waals surface area contributed by atoms with E-state index in [0.29, 0.717) is 32.5 Å². The average molecular weight is 341 g/mol. The zero-order valence-corrected chi connectivity index (χ0v) is 14.9. The van der Waals surface area contributed by atoms with Gasteiger partial charge in [-0.1, -0.05) is 35.9 Å². The molecule has 0 radical (unpaired) electrons. The van der Waals surface area contributed by atoms with Gasteiger partial charge in [-0.15, -0.1) is 0 Å². The number of fused-ring (bicyclic) bond motifs is 1. The highest BCUT2D eigenvalue weighted by Crippen LogP contribution is 2.29. The molecule has 0 atom stereocenters. The molecule has 3 rings (SSSR count). The van der Waals surface area contributed by atoms with Gasteiger partial charge >= 0.3 is 0 Å². The Bertz CT molecular complexity index is 1050. The van der Waals surface area contributed by atoms with Crippen molar-refractivity contribution >= 4 is 26.7 Å². The van der Waals surface area contributed by atoms with Crippen molar-refractivity contribution in [1.29, 1.82) is 0 Å². The van der Waals surface area contributed by atoms with Crippen LogP contribution in [0.2, 0.25) is 0 Å². The lowest BCUT2D eigenvalue weighted by atomic mass is 10.1. The van der Waals surface area contributed by atoms with E-state index in [1.807, 2.05) is 19.1 Å². The molecular formula is C19H19NO3S. The van der Waals surface area contributed by atoms with E-state index < -0.39 is 10.0 Å². The van der Waals surface area contributed by atoms with Gasteiger partial charge in [0.25, 0.3) is 10.0 Å². The van der Waals surface area contributed by atoms with Gasteiger partial charge in [0.2, 0.25) is 0 Å². The molecule has 124 valence electrons. The van der Waals surface area contributed by atoms with Crippen LogP contribution in [-0.4, -0.2) is 18.2 Å². The van der Waals surface area contributed by atoms with Crippen molar-refractivity contribution < 1.29 is 13.2 Å². The Morgan fingerprint density at radius 3 is 2.17 bits per heavy atom. The maximum atomic E-state index is 13.3. The lowest BCUT2D eigenvalue weighted by Crippen LogP contribution is -2.15. The summed E-state index contributed by atoms with van der Waals surface area (Å²) in [6.45, 7) is 6.98. The molecule has 1 heterocycles. The van der Waals surface area contributed by atoms with Gasteiger partial charge in [-0.25, -0.2) is 12.4 Å². The van der Waals surface area contributed by atoms with E-state index in [4.69, 9.17) is 0 Å². The fourth-order valence-corrected chi connectivity index (χ4v) is 5.09. The van der Waals surface area contributed by atoms with Gasteiger partial charge in [-0.3, -0.25) is 4.79 Å². The van der Waals surface area contributed by atoms with Crippen LogP contribution in [0, 0.1) is 20.8 Å². The first-order chi connectivity index (χ1) is 11.2. The Balaban J connectivity index is 2.37. The second-order valence-electron chi connectivity index (χ2n) is 6.14. The number of para-hydroxylation sites is 1. The Hall–Kier alpha value is -2.40. The summed E-state index contributed by atoms with van der Waals surface area (Å²) >= 11 is 0. The highest BCUT2D eigenvalue weighted by atomic mass is 32.2.